The Kier molecular flexibility index (Phi) is 10.5. The van der Waals surface area contributed by atoms with Crippen molar-refractivity contribution in [1.82, 2.24) is 10.3 Å². The minimum Gasteiger partial charge on any atom is -0.494 e. The molecular weight excluding hydrogens is 628 g/mol. The standard InChI is InChI=1S/C34H29ClN4O4S2/c1-3-43-26-15-16-28-30(20-26)45-34(38-28)39-31(40)21(2)44-27-14-8-13-25(19-27)36-33(42)29(18-22-9-7-12-24(35)17-22)37-32(41)23-10-5-4-6-11-23/h4-21H,3H2,1-2H3,(H,36,42)(H,37,41)(H,38,39,40)/b29-18-. The fourth-order valence-corrected chi connectivity index (χ4v) is 6.25. The Hall–Kier alpha value is -4.64. The largest absolute Gasteiger partial charge is 0.494 e. The minimum absolute atomic E-state index is 0.0427. The van der Waals surface area contributed by atoms with E-state index in [9.17, 15) is 14.4 Å². The van der Waals surface area contributed by atoms with Crippen LogP contribution in [0.4, 0.5) is 10.8 Å². The Morgan fingerprint density at radius 2 is 1.76 bits per heavy atom. The maximum atomic E-state index is 13.4. The lowest BCUT2D eigenvalue weighted by Crippen LogP contribution is -2.30. The van der Waals surface area contributed by atoms with Gasteiger partial charge >= 0.3 is 0 Å². The van der Waals surface area contributed by atoms with Gasteiger partial charge in [-0.1, -0.05) is 59.3 Å². The first-order valence-electron chi connectivity index (χ1n) is 14.0. The zero-order chi connectivity index (χ0) is 31.8. The molecule has 1 aromatic heterocycles. The summed E-state index contributed by atoms with van der Waals surface area (Å²) < 4.78 is 6.48. The molecule has 45 heavy (non-hydrogen) atoms. The zero-order valence-electron chi connectivity index (χ0n) is 24.4. The lowest BCUT2D eigenvalue weighted by molar-refractivity contribution is -0.115. The lowest BCUT2D eigenvalue weighted by atomic mass is 10.1. The van der Waals surface area contributed by atoms with E-state index in [4.69, 9.17) is 16.3 Å². The van der Waals surface area contributed by atoms with Gasteiger partial charge in [0.15, 0.2) is 5.13 Å². The van der Waals surface area contributed by atoms with Crippen molar-refractivity contribution in [3.63, 3.8) is 0 Å². The molecule has 0 aliphatic rings. The number of nitrogens with one attached hydrogen (secondary N) is 3. The molecule has 3 amide bonds. The fraction of sp³-hybridized carbons (Fsp3) is 0.118. The van der Waals surface area contributed by atoms with Crippen LogP contribution in [0.25, 0.3) is 16.3 Å². The highest BCUT2D eigenvalue weighted by molar-refractivity contribution is 8.00. The predicted octanol–water partition coefficient (Wildman–Crippen LogP) is 7.88. The molecule has 0 aliphatic heterocycles. The van der Waals surface area contributed by atoms with E-state index in [1.165, 1.54) is 23.1 Å². The van der Waals surface area contributed by atoms with Crippen LogP contribution in [0.5, 0.6) is 5.75 Å². The van der Waals surface area contributed by atoms with Crippen LogP contribution in [0.2, 0.25) is 5.02 Å². The van der Waals surface area contributed by atoms with Crippen LogP contribution in [-0.2, 0) is 9.59 Å². The number of benzene rings is 4. The molecule has 11 heteroatoms. The summed E-state index contributed by atoms with van der Waals surface area (Å²) in [6.45, 7) is 4.30. The number of nitrogens with zero attached hydrogens (tertiary/aromatic N) is 1. The molecule has 0 radical (unpaired) electrons. The highest BCUT2D eigenvalue weighted by Gasteiger charge is 2.19. The number of carbonyl (C=O) groups is 3. The van der Waals surface area contributed by atoms with E-state index in [2.05, 4.69) is 20.9 Å². The molecule has 3 N–H and O–H groups in total. The van der Waals surface area contributed by atoms with E-state index in [0.717, 1.165) is 20.9 Å². The summed E-state index contributed by atoms with van der Waals surface area (Å²) in [7, 11) is 0. The molecule has 4 aromatic carbocycles. The normalized spacial score (nSPS) is 11.9. The van der Waals surface area contributed by atoms with Crippen molar-refractivity contribution >= 4 is 79.5 Å². The molecule has 5 rings (SSSR count). The van der Waals surface area contributed by atoms with Crippen molar-refractivity contribution in [2.75, 3.05) is 17.2 Å². The molecule has 0 aliphatic carbocycles. The number of thioether (sulfide) groups is 1. The van der Waals surface area contributed by atoms with Gasteiger partial charge in [-0.3, -0.25) is 14.4 Å². The Labute approximate surface area is 273 Å². The second-order valence-electron chi connectivity index (χ2n) is 9.75. The first-order chi connectivity index (χ1) is 21.8. The molecule has 228 valence electrons. The van der Waals surface area contributed by atoms with Gasteiger partial charge in [0.2, 0.25) is 5.91 Å². The SMILES string of the molecule is CCOc1ccc2nc(NC(=O)C(C)Sc3cccc(NC(=O)/C(=C/c4cccc(Cl)c4)NC(=O)c4ccccc4)c3)sc2c1. The van der Waals surface area contributed by atoms with Gasteiger partial charge < -0.3 is 20.7 Å². The number of rotatable bonds is 11. The van der Waals surface area contributed by atoms with Gasteiger partial charge in [-0.2, -0.15) is 0 Å². The van der Waals surface area contributed by atoms with Gasteiger partial charge in [-0.15, -0.1) is 11.8 Å². The van der Waals surface area contributed by atoms with Crippen LogP contribution < -0.4 is 20.7 Å². The maximum Gasteiger partial charge on any atom is 0.272 e. The summed E-state index contributed by atoms with van der Waals surface area (Å²) in [6, 6.07) is 28.4. The molecule has 0 bridgehead atoms. The molecule has 1 heterocycles. The summed E-state index contributed by atoms with van der Waals surface area (Å²) in [5.41, 5.74) is 2.38. The molecule has 8 nitrogen and oxygen atoms in total. The Bertz CT molecular complexity index is 1880. The van der Waals surface area contributed by atoms with Crippen molar-refractivity contribution in [2.24, 2.45) is 0 Å². The molecule has 0 fully saturated rings. The summed E-state index contributed by atoms with van der Waals surface area (Å²) in [4.78, 5) is 44.7. The number of anilines is 2. The van der Waals surface area contributed by atoms with Gasteiger partial charge in [0.05, 0.1) is 22.1 Å². The number of aromatic nitrogens is 1. The van der Waals surface area contributed by atoms with Gasteiger partial charge in [0.25, 0.3) is 11.8 Å². The van der Waals surface area contributed by atoms with Gasteiger partial charge in [0.1, 0.15) is 11.4 Å². The molecule has 1 unspecified atom stereocenters. The van der Waals surface area contributed by atoms with Gasteiger partial charge in [-0.25, -0.2) is 4.98 Å². The van der Waals surface area contributed by atoms with Crippen molar-refractivity contribution in [3.05, 3.63) is 119 Å². The van der Waals surface area contributed by atoms with E-state index in [-0.39, 0.29) is 11.6 Å². The molecule has 0 saturated carbocycles. The van der Waals surface area contributed by atoms with E-state index < -0.39 is 17.1 Å². The average molecular weight is 657 g/mol. The third-order valence-electron chi connectivity index (χ3n) is 6.36. The van der Waals surface area contributed by atoms with Crippen molar-refractivity contribution < 1.29 is 19.1 Å². The number of fused-ring (bicyclic) bond motifs is 1. The number of hydrogen-bond acceptors (Lipinski definition) is 7. The predicted molar refractivity (Wildman–Crippen MR) is 183 cm³/mol. The number of carbonyl (C=O) groups excluding carboxylic acids is 3. The smallest absolute Gasteiger partial charge is 0.272 e. The van der Waals surface area contributed by atoms with E-state index in [1.807, 2.05) is 31.2 Å². The second-order valence-corrected chi connectivity index (χ2v) is 12.6. The topological polar surface area (TPSA) is 109 Å². The average Bonchev–Trinajstić information content (AvgIpc) is 3.43. The minimum atomic E-state index is -0.518. The summed E-state index contributed by atoms with van der Waals surface area (Å²) in [5, 5.41) is 9.04. The number of halogens is 1. The second kappa shape index (κ2) is 14.9. The molecule has 0 spiro atoms. The number of ether oxygens (including phenoxy) is 1. The van der Waals surface area contributed by atoms with Gasteiger partial charge in [0, 0.05) is 21.2 Å². The zero-order valence-corrected chi connectivity index (χ0v) is 26.8. The van der Waals surface area contributed by atoms with Crippen molar-refractivity contribution in [2.45, 2.75) is 24.0 Å². The molecule has 0 saturated heterocycles. The van der Waals surface area contributed by atoms with E-state index >= 15 is 0 Å². The van der Waals surface area contributed by atoms with Crippen LogP contribution >= 0.6 is 34.7 Å². The summed E-state index contributed by atoms with van der Waals surface area (Å²) >= 11 is 8.87. The molecule has 5 aromatic rings. The number of thiazole rings is 1. The van der Waals surface area contributed by atoms with Crippen molar-refractivity contribution in [1.29, 1.82) is 0 Å². The number of amides is 3. The Balaban J connectivity index is 1.26. The Morgan fingerprint density at radius 1 is 0.956 bits per heavy atom. The van der Waals surface area contributed by atoms with Crippen LogP contribution in [0, 0.1) is 0 Å². The maximum absolute atomic E-state index is 13.4. The summed E-state index contributed by atoms with van der Waals surface area (Å²) in [6.07, 6.45) is 1.56. The number of hydrogen-bond donors (Lipinski definition) is 3. The van der Waals surface area contributed by atoms with Crippen LogP contribution in [-0.4, -0.2) is 34.6 Å². The van der Waals surface area contributed by atoms with E-state index in [1.54, 1.807) is 85.8 Å². The van der Waals surface area contributed by atoms with Crippen molar-refractivity contribution in [3.8, 4) is 5.75 Å². The summed E-state index contributed by atoms with van der Waals surface area (Å²) in [5.74, 6) is -0.386. The van der Waals surface area contributed by atoms with Crippen LogP contribution in [0.15, 0.2) is 108 Å². The highest BCUT2D eigenvalue weighted by Crippen LogP contribution is 2.31. The highest BCUT2D eigenvalue weighted by atomic mass is 35.5. The Morgan fingerprint density at radius 3 is 2.53 bits per heavy atom. The van der Waals surface area contributed by atoms with Crippen LogP contribution in [0.1, 0.15) is 29.8 Å². The first kappa shape index (κ1) is 31.8. The molecule has 1 atom stereocenters. The first-order valence-corrected chi connectivity index (χ1v) is 16.1. The van der Waals surface area contributed by atoms with Gasteiger partial charge in [-0.05, 0) is 86.2 Å². The third kappa shape index (κ3) is 8.72. The third-order valence-corrected chi connectivity index (χ3v) is 8.63. The lowest BCUT2D eigenvalue weighted by Gasteiger charge is -2.13. The molecular formula is C34H29ClN4O4S2. The van der Waals surface area contributed by atoms with Crippen LogP contribution in [0.3, 0.4) is 0 Å². The monoisotopic (exact) mass is 656 g/mol. The quantitative estimate of drug-likeness (QED) is 0.0986. The fourth-order valence-electron chi connectivity index (χ4n) is 4.23. The van der Waals surface area contributed by atoms with E-state index in [0.29, 0.717) is 33.6 Å².